The van der Waals surface area contributed by atoms with Crippen molar-refractivity contribution in [3.8, 4) is 11.5 Å². The Balaban J connectivity index is 2.23. The number of rotatable bonds is 4. The number of carbonyl (C=O) groups is 1. The van der Waals surface area contributed by atoms with Gasteiger partial charge in [-0.15, -0.1) is 0 Å². The van der Waals surface area contributed by atoms with Crippen LogP contribution >= 0.6 is 27.5 Å². The second kappa shape index (κ2) is 6.74. The zero-order valence-corrected chi connectivity index (χ0v) is 12.9. The molecule has 0 radical (unpaired) electrons. The summed E-state index contributed by atoms with van der Waals surface area (Å²) in [5, 5.41) is 8.74. The third kappa shape index (κ3) is 4.31. The normalized spacial score (nSPS) is 10.8. The molecule has 0 aliphatic rings. The lowest BCUT2D eigenvalue weighted by Crippen LogP contribution is -1.89. The lowest BCUT2D eigenvalue weighted by Gasteiger charge is -2.09. The number of carboxylic acids is 1. The summed E-state index contributed by atoms with van der Waals surface area (Å²) in [5.41, 5.74) is 0.696. The van der Waals surface area contributed by atoms with Gasteiger partial charge in [0.2, 0.25) is 0 Å². The molecular weight excluding hydrogens is 363 g/mol. The van der Waals surface area contributed by atoms with Gasteiger partial charge in [-0.1, -0.05) is 17.7 Å². The van der Waals surface area contributed by atoms with Crippen molar-refractivity contribution in [3.63, 3.8) is 0 Å². The van der Waals surface area contributed by atoms with Crippen molar-refractivity contribution >= 4 is 39.6 Å². The molecule has 21 heavy (non-hydrogen) atoms. The van der Waals surface area contributed by atoms with Gasteiger partial charge >= 0.3 is 5.97 Å². The molecule has 0 aliphatic heterocycles. The Morgan fingerprint density at radius 1 is 1.24 bits per heavy atom. The van der Waals surface area contributed by atoms with E-state index in [4.69, 9.17) is 21.4 Å². The Kier molecular flexibility index (Phi) is 4.98. The molecule has 3 nitrogen and oxygen atoms in total. The van der Waals surface area contributed by atoms with Gasteiger partial charge in [0.25, 0.3) is 0 Å². The van der Waals surface area contributed by atoms with Gasteiger partial charge in [0.15, 0.2) is 0 Å². The molecule has 0 saturated carbocycles. The fourth-order valence-corrected chi connectivity index (χ4v) is 2.23. The van der Waals surface area contributed by atoms with Crippen LogP contribution in [0.2, 0.25) is 5.02 Å². The Labute approximate surface area is 133 Å². The number of halogens is 3. The van der Waals surface area contributed by atoms with E-state index in [1.54, 1.807) is 18.2 Å². The van der Waals surface area contributed by atoms with Crippen LogP contribution in [0.1, 0.15) is 5.56 Å². The van der Waals surface area contributed by atoms with Crippen LogP contribution in [-0.4, -0.2) is 11.1 Å². The molecule has 0 aliphatic carbocycles. The van der Waals surface area contributed by atoms with E-state index in [9.17, 15) is 9.18 Å². The molecule has 0 amide bonds. The predicted molar refractivity (Wildman–Crippen MR) is 82.3 cm³/mol. The summed E-state index contributed by atoms with van der Waals surface area (Å²) in [6.07, 6.45) is 2.50. The van der Waals surface area contributed by atoms with Crippen LogP contribution in [0.25, 0.3) is 6.08 Å². The quantitative estimate of drug-likeness (QED) is 0.758. The first-order valence-corrected chi connectivity index (χ1v) is 6.96. The van der Waals surface area contributed by atoms with E-state index in [1.807, 2.05) is 0 Å². The Morgan fingerprint density at radius 2 is 1.95 bits per heavy atom. The zero-order valence-electron chi connectivity index (χ0n) is 10.5. The molecule has 2 aromatic carbocycles. The molecule has 2 aromatic rings. The predicted octanol–water partition coefficient (Wildman–Crippen LogP) is 5.13. The highest BCUT2D eigenvalue weighted by Gasteiger charge is 2.07. The van der Waals surface area contributed by atoms with Crippen LogP contribution in [0.4, 0.5) is 4.39 Å². The van der Waals surface area contributed by atoms with Crippen LogP contribution in [-0.2, 0) is 4.79 Å². The minimum Gasteiger partial charge on any atom is -0.478 e. The van der Waals surface area contributed by atoms with Crippen molar-refractivity contribution < 1.29 is 19.0 Å². The SMILES string of the molecule is O=C(O)/C=C/c1ccc(Oc2ccc(F)cc2Cl)c(Br)c1. The van der Waals surface area contributed by atoms with Gasteiger partial charge in [-0.25, -0.2) is 9.18 Å². The van der Waals surface area contributed by atoms with Crippen molar-refractivity contribution in [2.24, 2.45) is 0 Å². The highest BCUT2D eigenvalue weighted by atomic mass is 79.9. The molecule has 0 atom stereocenters. The lowest BCUT2D eigenvalue weighted by molar-refractivity contribution is -0.131. The molecule has 2 rings (SSSR count). The van der Waals surface area contributed by atoms with Gasteiger partial charge < -0.3 is 9.84 Å². The first-order chi connectivity index (χ1) is 9.95. The lowest BCUT2D eigenvalue weighted by atomic mass is 10.2. The number of benzene rings is 2. The van der Waals surface area contributed by atoms with Crippen LogP contribution in [0.5, 0.6) is 11.5 Å². The summed E-state index contributed by atoms with van der Waals surface area (Å²) in [6.45, 7) is 0. The fraction of sp³-hybridized carbons (Fsp3) is 0. The Bertz CT molecular complexity index is 716. The van der Waals surface area contributed by atoms with Gasteiger partial charge in [0, 0.05) is 6.08 Å². The summed E-state index contributed by atoms with van der Waals surface area (Å²) in [6, 6.07) is 8.89. The Hall–Kier alpha value is -1.85. The average Bonchev–Trinajstić information content (AvgIpc) is 2.42. The van der Waals surface area contributed by atoms with Crippen molar-refractivity contribution in [1.29, 1.82) is 0 Å². The molecule has 0 heterocycles. The third-order valence-electron chi connectivity index (χ3n) is 2.49. The monoisotopic (exact) mass is 370 g/mol. The Morgan fingerprint density at radius 3 is 2.57 bits per heavy atom. The van der Waals surface area contributed by atoms with E-state index in [0.717, 1.165) is 12.1 Å². The van der Waals surface area contributed by atoms with Crippen molar-refractivity contribution in [3.05, 3.63) is 63.4 Å². The average molecular weight is 372 g/mol. The molecule has 108 valence electrons. The first-order valence-electron chi connectivity index (χ1n) is 5.79. The number of hydrogen-bond donors (Lipinski definition) is 1. The van der Waals surface area contributed by atoms with Crippen molar-refractivity contribution in [2.75, 3.05) is 0 Å². The second-order valence-electron chi connectivity index (χ2n) is 4.04. The topological polar surface area (TPSA) is 46.5 Å². The number of hydrogen-bond acceptors (Lipinski definition) is 2. The largest absolute Gasteiger partial charge is 0.478 e. The van der Waals surface area contributed by atoms with Crippen LogP contribution in [0.15, 0.2) is 46.9 Å². The standard InChI is InChI=1S/C15H9BrClFO3/c16-11-7-9(2-6-15(19)20)1-4-13(11)21-14-5-3-10(18)8-12(14)17/h1-8H,(H,19,20)/b6-2+. The summed E-state index contributed by atoms with van der Waals surface area (Å²) in [5.74, 6) is -0.659. The molecule has 0 bridgehead atoms. The van der Waals surface area contributed by atoms with Gasteiger partial charge in [0.1, 0.15) is 17.3 Å². The summed E-state index contributed by atoms with van der Waals surface area (Å²) in [4.78, 5) is 10.5. The zero-order chi connectivity index (χ0) is 15.4. The molecule has 1 N–H and O–H groups in total. The number of aliphatic carboxylic acids is 1. The minimum atomic E-state index is -1.02. The highest BCUT2D eigenvalue weighted by molar-refractivity contribution is 9.10. The first kappa shape index (κ1) is 15.5. The number of carboxylic acid groups (broad SMARTS) is 1. The van der Waals surface area contributed by atoms with E-state index in [-0.39, 0.29) is 5.02 Å². The van der Waals surface area contributed by atoms with E-state index in [0.29, 0.717) is 21.5 Å². The fourth-order valence-electron chi connectivity index (χ4n) is 1.55. The van der Waals surface area contributed by atoms with Crippen LogP contribution in [0.3, 0.4) is 0 Å². The molecular formula is C15H9BrClFO3. The van der Waals surface area contributed by atoms with E-state index >= 15 is 0 Å². The number of ether oxygens (including phenoxy) is 1. The minimum absolute atomic E-state index is 0.164. The van der Waals surface area contributed by atoms with E-state index in [1.165, 1.54) is 18.2 Å². The molecule has 0 saturated heterocycles. The van der Waals surface area contributed by atoms with Gasteiger partial charge in [0.05, 0.1) is 9.50 Å². The van der Waals surface area contributed by atoms with Gasteiger partial charge in [-0.3, -0.25) is 0 Å². The maximum Gasteiger partial charge on any atom is 0.328 e. The van der Waals surface area contributed by atoms with Crippen molar-refractivity contribution in [1.82, 2.24) is 0 Å². The molecule has 0 aromatic heterocycles. The van der Waals surface area contributed by atoms with Crippen LogP contribution < -0.4 is 4.74 Å². The van der Waals surface area contributed by atoms with E-state index in [2.05, 4.69) is 15.9 Å². The van der Waals surface area contributed by atoms with Gasteiger partial charge in [-0.2, -0.15) is 0 Å². The van der Waals surface area contributed by atoms with Crippen molar-refractivity contribution in [2.45, 2.75) is 0 Å². The maximum atomic E-state index is 13.0. The van der Waals surface area contributed by atoms with Gasteiger partial charge in [-0.05, 0) is 57.9 Å². The molecule has 0 fully saturated rings. The highest BCUT2D eigenvalue weighted by Crippen LogP contribution is 2.34. The summed E-state index contributed by atoms with van der Waals surface area (Å²) >= 11 is 9.22. The van der Waals surface area contributed by atoms with E-state index < -0.39 is 11.8 Å². The molecule has 0 unspecified atom stereocenters. The second-order valence-corrected chi connectivity index (χ2v) is 5.30. The third-order valence-corrected chi connectivity index (χ3v) is 3.40. The van der Waals surface area contributed by atoms with Crippen LogP contribution in [0, 0.1) is 5.82 Å². The summed E-state index contributed by atoms with van der Waals surface area (Å²) in [7, 11) is 0. The summed E-state index contributed by atoms with van der Waals surface area (Å²) < 4.78 is 19.2. The smallest absolute Gasteiger partial charge is 0.328 e. The molecule has 6 heteroatoms. The molecule has 0 spiro atoms. The maximum absolute atomic E-state index is 13.0.